The zero-order valence-corrected chi connectivity index (χ0v) is 14.1. The number of aliphatic hydroxyl groups is 1. The Morgan fingerprint density at radius 1 is 1.08 bits per heavy atom. The van der Waals surface area contributed by atoms with Gasteiger partial charge in [-0.2, -0.15) is 14.6 Å². The van der Waals surface area contributed by atoms with Gasteiger partial charge in [0.25, 0.3) is 5.78 Å². The second-order valence-electron chi connectivity index (χ2n) is 5.84. The van der Waals surface area contributed by atoms with E-state index in [0.717, 1.165) is 22.6 Å². The number of hydrogen-bond acceptors (Lipinski definition) is 6. The molecule has 26 heavy (non-hydrogen) atoms. The molecule has 0 saturated carbocycles. The molecular formula is C19H18N6O. The minimum atomic E-state index is 0.0272. The Kier molecular flexibility index (Phi) is 4.53. The fraction of sp³-hybridized carbons (Fsp3) is 0.158. The number of aromatic nitrogens is 5. The Balaban J connectivity index is 1.80. The van der Waals surface area contributed by atoms with Crippen LogP contribution < -0.4 is 4.90 Å². The standard InChI is InChI=1S/C19H18N6O/c26-10-9-24(13-15-5-4-8-20-12-15)18-11-17(16-6-2-1-3-7-16)23-19-21-14-22-25(18)19/h1-8,11-12,14,26H,9-10,13H2. The van der Waals surface area contributed by atoms with E-state index < -0.39 is 0 Å². The number of pyridine rings is 1. The molecule has 3 heterocycles. The summed E-state index contributed by atoms with van der Waals surface area (Å²) in [6, 6.07) is 15.8. The van der Waals surface area contributed by atoms with Gasteiger partial charge in [-0.3, -0.25) is 4.98 Å². The molecule has 0 bridgehead atoms. The highest BCUT2D eigenvalue weighted by Gasteiger charge is 2.15. The van der Waals surface area contributed by atoms with E-state index in [4.69, 9.17) is 0 Å². The number of nitrogens with zero attached hydrogens (tertiary/aromatic N) is 6. The maximum atomic E-state index is 9.57. The van der Waals surface area contributed by atoms with Crippen molar-refractivity contribution in [1.29, 1.82) is 0 Å². The van der Waals surface area contributed by atoms with Crippen LogP contribution in [0.4, 0.5) is 5.82 Å². The lowest BCUT2D eigenvalue weighted by Gasteiger charge is -2.24. The highest BCUT2D eigenvalue weighted by molar-refractivity contribution is 5.65. The molecule has 4 rings (SSSR count). The zero-order valence-electron chi connectivity index (χ0n) is 14.1. The van der Waals surface area contributed by atoms with Crippen LogP contribution in [0.25, 0.3) is 17.0 Å². The molecule has 7 heteroatoms. The SMILES string of the molecule is OCCN(Cc1cccnc1)c1cc(-c2ccccc2)nc2ncnn12. The molecule has 0 radical (unpaired) electrons. The van der Waals surface area contributed by atoms with Crippen LogP contribution in [-0.4, -0.2) is 42.8 Å². The Morgan fingerprint density at radius 2 is 1.96 bits per heavy atom. The molecule has 1 aromatic carbocycles. The molecule has 0 aliphatic carbocycles. The van der Waals surface area contributed by atoms with Gasteiger partial charge in [0.05, 0.1) is 12.3 Å². The van der Waals surface area contributed by atoms with Crippen molar-refractivity contribution in [3.8, 4) is 11.3 Å². The van der Waals surface area contributed by atoms with Crippen LogP contribution in [0.1, 0.15) is 5.56 Å². The van der Waals surface area contributed by atoms with Crippen molar-refractivity contribution in [2.45, 2.75) is 6.54 Å². The zero-order chi connectivity index (χ0) is 17.8. The molecule has 0 unspecified atom stereocenters. The van der Waals surface area contributed by atoms with Crippen molar-refractivity contribution in [2.24, 2.45) is 0 Å². The predicted octanol–water partition coefficient (Wildman–Crippen LogP) is 2.19. The molecule has 7 nitrogen and oxygen atoms in total. The number of fused-ring (bicyclic) bond motifs is 1. The summed E-state index contributed by atoms with van der Waals surface area (Å²) in [6.07, 6.45) is 5.06. The van der Waals surface area contributed by atoms with Crippen LogP contribution in [-0.2, 0) is 6.54 Å². The molecule has 4 aromatic rings. The van der Waals surface area contributed by atoms with E-state index in [1.165, 1.54) is 6.33 Å². The summed E-state index contributed by atoms with van der Waals surface area (Å²) in [4.78, 5) is 15.1. The first kappa shape index (κ1) is 16.2. The fourth-order valence-corrected chi connectivity index (χ4v) is 2.89. The van der Waals surface area contributed by atoms with Gasteiger partial charge < -0.3 is 10.0 Å². The van der Waals surface area contributed by atoms with E-state index in [-0.39, 0.29) is 6.61 Å². The maximum absolute atomic E-state index is 9.57. The second kappa shape index (κ2) is 7.28. The lowest BCUT2D eigenvalue weighted by molar-refractivity contribution is 0.301. The first-order valence-corrected chi connectivity index (χ1v) is 8.36. The van der Waals surface area contributed by atoms with Crippen LogP contribution in [0.3, 0.4) is 0 Å². The lowest BCUT2D eigenvalue weighted by Crippen LogP contribution is -2.28. The minimum absolute atomic E-state index is 0.0272. The molecule has 0 fully saturated rings. The summed E-state index contributed by atoms with van der Waals surface area (Å²) in [5.74, 6) is 1.35. The maximum Gasteiger partial charge on any atom is 0.254 e. The van der Waals surface area contributed by atoms with Gasteiger partial charge in [0.2, 0.25) is 0 Å². The topological polar surface area (TPSA) is 79.4 Å². The lowest BCUT2D eigenvalue weighted by atomic mass is 10.1. The van der Waals surface area contributed by atoms with Gasteiger partial charge in [-0.25, -0.2) is 4.98 Å². The van der Waals surface area contributed by atoms with Gasteiger partial charge in [0.15, 0.2) is 0 Å². The molecule has 1 N–H and O–H groups in total. The normalized spacial score (nSPS) is 11.0. The largest absolute Gasteiger partial charge is 0.395 e. The van der Waals surface area contributed by atoms with E-state index in [1.54, 1.807) is 10.7 Å². The highest BCUT2D eigenvalue weighted by atomic mass is 16.3. The Labute approximate surface area is 150 Å². The highest BCUT2D eigenvalue weighted by Crippen LogP contribution is 2.24. The number of aliphatic hydroxyl groups excluding tert-OH is 1. The molecule has 130 valence electrons. The third-order valence-electron chi connectivity index (χ3n) is 4.09. The van der Waals surface area contributed by atoms with Crippen LogP contribution in [0.15, 0.2) is 67.3 Å². The van der Waals surface area contributed by atoms with E-state index in [2.05, 4.69) is 20.1 Å². The number of benzene rings is 1. The summed E-state index contributed by atoms with van der Waals surface area (Å²) in [5.41, 5.74) is 2.87. The molecule has 3 aromatic heterocycles. The Bertz CT molecular complexity index is 987. The van der Waals surface area contributed by atoms with Crippen LogP contribution in [0, 0.1) is 0 Å². The average molecular weight is 346 g/mol. The average Bonchev–Trinajstić information content (AvgIpc) is 3.17. The Hall–Kier alpha value is -3.32. The number of hydrogen-bond donors (Lipinski definition) is 1. The van der Waals surface area contributed by atoms with E-state index in [0.29, 0.717) is 18.9 Å². The predicted molar refractivity (Wildman–Crippen MR) is 98.6 cm³/mol. The molecule has 0 amide bonds. The second-order valence-corrected chi connectivity index (χ2v) is 5.84. The first-order chi connectivity index (χ1) is 12.8. The summed E-state index contributed by atoms with van der Waals surface area (Å²) < 4.78 is 1.69. The quantitative estimate of drug-likeness (QED) is 0.576. The van der Waals surface area contributed by atoms with Crippen molar-refractivity contribution in [3.05, 3.63) is 72.8 Å². The van der Waals surface area contributed by atoms with Gasteiger partial charge in [0, 0.05) is 37.1 Å². The molecule has 0 spiro atoms. The Morgan fingerprint density at radius 3 is 2.73 bits per heavy atom. The molecule has 0 aliphatic rings. The molecule has 0 saturated heterocycles. The fourth-order valence-electron chi connectivity index (χ4n) is 2.89. The third-order valence-corrected chi connectivity index (χ3v) is 4.09. The van der Waals surface area contributed by atoms with Gasteiger partial charge in [-0.05, 0) is 11.6 Å². The molecule has 0 aliphatic heterocycles. The molecular weight excluding hydrogens is 328 g/mol. The smallest absolute Gasteiger partial charge is 0.254 e. The van der Waals surface area contributed by atoms with Crippen molar-refractivity contribution >= 4 is 11.6 Å². The van der Waals surface area contributed by atoms with E-state index >= 15 is 0 Å². The summed E-state index contributed by atoms with van der Waals surface area (Å²) in [7, 11) is 0. The van der Waals surface area contributed by atoms with Gasteiger partial charge >= 0.3 is 0 Å². The summed E-state index contributed by atoms with van der Waals surface area (Å²) in [6.45, 7) is 1.09. The van der Waals surface area contributed by atoms with Gasteiger partial charge in [0.1, 0.15) is 12.1 Å². The summed E-state index contributed by atoms with van der Waals surface area (Å²) in [5, 5.41) is 13.9. The summed E-state index contributed by atoms with van der Waals surface area (Å²) >= 11 is 0. The van der Waals surface area contributed by atoms with E-state index in [9.17, 15) is 5.11 Å². The van der Waals surface area contributed by atoms with Crippen molar-refractivity contribution < 1.29 is 5.11 Å². The van der Waals surface area contributed by atoms with Crippen molar-refractivity contribution in [2.75, 3.05) is 18.1 Å². The third kappa shape index (κ3) is 3.25. The minimum Gasteiger partial charge on any atom is -0.395 e. The first-order valence-electron chi connectivity index (χ1n) is 8.36. The monoisotopic (exact) mass is 346 g/mol. The van der Waals surface area contributed by atoms with Crippen molar-refractivity contribution in [3.63, 3.8) is 0 Å². The van der Waals surface area contributed by atoms with Crippen molar-refractivity contribution in [1.82, 2.24) is 24.6 Å². The van der Waals surface area contributed by atoms with Crippen LogP contribution >= 0.6 is 0 Å². The molecule has 0 atom stereocenters. The van der Waals surface area contributed by atoms with Gasteiger partial charge in [-0.1, -0.05) is 36.4 Å². The number of anilines is 1. The van der Waals surface area contributed by atoms with Crippen LogP contribution in [0.5, 0.6) is 0 Å². The number of rotatable bonds is 6. The van der Waals surface area contributed by atoms with E-state index in [1.807, 2.05) is 59.6 Å². The van der Waals surface area contributed by atoms with Gasteiger partial charge in [-0.15, -0.1) is 0 Å². The van der Waals surface area contributed by atoms with Crippen LogP contribution in [0.2, 0.25) is 0 Å².